The number of hydrogen-bond acceptors (Lipinski definition) is 4. The molecule has 1 aliphatic heterocycles. The van der Waals surface area contributed by atoms with E-state index in [2.05, 4.69) is 16.0 Å². The third-order valence-electron chi connectivity index (χ3n) is 4.04. The van der Waals surface area contributed by atoms with E-state index in [1.807, 2.05) is 65.0 Å². The molecule has 0 spiro atoms. The maximum absolute atomic E-state index is 12.6. The number of nitrogens with zero attached hydrogens (tertiary/aromatic N) is 3. The van der Waals surface area contributed by atoms with E-state index in [1.54, 1.807) is 4.90 Å². The van der Waals surface area contributed by atoms with Gasteiger partial charge in [0, 0.05) is 11.7 Å². The first kappa shape index (κ1) is 20.0. The smallest absolute Gasteiger partial charge is 0.318 e. The van der Waals surface area contributed by atoms with Crippen molar-refractivity contribution in [2.75, 3.05) is 13.1 Å². The van der Waals surface area contributed by atoms with E-state index in [1.165, 1.54) is 0 Å². The van der Waals surface area contributed by atoms with E-state index in [0.29, 0.717) is 24.5 Å². The van der Waals surface area contributed by atoms with E-state index in [9.17, 15) is 10.0 Å². The molecule has 2 rings (SSSR count). The van der Waals surface area contributed by atoms with Gasteiger partial charge in [0.25, 0.3) is 0 Å². The lowest BCUT2D eigenvalue weighted by Gasteiger charge is -2.29. The van der Waals surface area contributed by atoms with Gasteiger partial charge in [0.2, 0.25) is 0 Å². The first-order valence-corrected chi connectivity index (χ1v) is 8.81. The number of hydrogen-bond donors (Lipinski definition) is 2. The maximum Gasteiger partial charge on any atom is 0.318 e. The molecule has 0 aromatic heterocycles. The Morgan fingerprint density at radius 2 is 1.92 bits per heavy atom. The normalized spacial score (nSPS) is 18.7. The van der Waals surface area contributed by atoms with E-state index in [0.717, 1.165) is 5.56 Å². The predicted molar refractivity (Wildman–Crippen MR) is 98.0 cm³/mol. The summed E-state index contributed by atoms with van der Waals surface area (Å²) >= 11 is 0. The number of urea groups is 1. The molecular weight excluding hydrogens is 334 g/mol. The number of carbonyl (C=O) groups excluding carboxylic acids is 1. The van der Waals surface area contributed by atoms with Crippen molar-refractivity contribution in [3.63, 3.8) is 0 Å². The minimum atomic E-state index is -0.497. The van der Waals surface area contributed by atoms with Gasteiger partial charge >= 0.3 is 6.03 Å². The zero-order valence-corrected chi connectivity index (χ0v) is 16.2. The SMILES string of the molecule is CC(C)(C)N=[N+]([O-])NO[C@@H]1CCN(C(=O)NC(C)(C)c2ccccc2)C1. The molecule has 1 aromatic rings. The van der Waals surface area contributed by atoms with Crippen LogP contribution in [0.4, 0.5) is 4.79 Å². The number of nitrogens with one attached hydrogen (secondary N) is 2. The molecule has 144 valence electrons. The molecule has 8 heteroatoms. The van der Waals surface area contributed by atoms with Crippen LogP contribution in [0.2, 0.25) is 0 Å². The second-order valence-corrected chi connectivity index (χ2v) is 8.03. The quantitative estimate of drug-likeness (QED) is 0.478. The third kappa shape index (κ3) is 5.87. The van der Waals surface area contributed by atoms with Crippen LogP contribution >= 0.6 is 0 Å². The molecule has 0 saturated carbocycles. The molecule has 0 unspecified atom stereocenters. The lowest BCUT2D eigenvalue weighted by molar-refractivity contribution is -0.652. The Labute approximate surface area is 154 Å². The molecule has 26 heavy (non-hydrogen) atoms. The molecule has 1 heterocycles. The van der Waals surface area contributed by atoms with Gasteiger partial charge in [-0.2, -0.15) is 0 Å². The summed E-state index contributed by atoms with van der Waals surface area (Å²) in [6.07, 6.45) is 0.391. The fraction of sp³-hybridized carbons (Fsp3) is 0.611. The van der Waals surface area contributed by atoms with E-state index in [4.69, 9.17) is 4.84 Å². The summed E-state index contributed by atoms with van der Waals surface area (Å²) < 4.78 is 0. The van der Waals surface area contributed by atoms with Crippen molar-refractivity contribution in [1.29, 1.82) is 0 Å². The standard InChI is InChI=1S/C18H29N5O3/c1-17(2,3)20-23(25)21-26-15-11-12-22(13-15)16(24)19-18(4,5)14-9-7-6-8-10-14/h6-10,15H,11-13H2,1-5H3,(H,19,24)(H,20,21)/t15-/m1/s1. The van der Waals surface area contributed by atoms with Gasteiger partial charge in [0.1, 0.15) is 11.6 Å². The average molecular weight is 363 g/mol. The van der Waals surface area contributed by atoms with Crippen molar-refractivity contribution in [2.24, 2.45) is 5.11 Å². The van der Waals surface area contributed by atoms with Crippen LogP contribution in [0.5, 0.6) is 0 Å². The molecule has 0 radical (unpaired) electrons. The number of rotatable bonds is 5. The first-order chi connectivity index (χ1) is 12.1. The van der Waals surface area contributed by atoms with Crippen LogP contribution in [0, 0.1) is 5.21 Å². The van der Waals surface area contributed by atoms with E-state index < -0.39 is 11.1 Å². The number of amides is 2. The Bertz CT molecular complexity index is 640. The monoisotopic (exact) mass is 363 g/mol. The summed E-state index contributed by atoms with van der Waals surface area (Å²) in [5, 5.41) is 18.5. The van der Waals surface area contributed by atoms with Crippen LogP contribution in [0.25, 0.3) is 0 Å². The highest BCUT2D eigenvalue weighted by Crippen LogP contribution is 2.21. The van der Waals surface area contributed by atoms with Crippen LogP contribution in [0.3, 0.4) is 0 Å². The van der Waals surface area contributed by atoms with Gasteiger partial charge < -0.3 is 15.4 Å². The van der Waals surface area contributed by atoms with Crippen molar-refractivity contribution in [1.82, 2.24) is 15.8 Å². The summed E-state index contributed by atoms with van der Waals surface area (Å²) in [5.41, 5.74) is 2.33. The van der Waals surface area contributed by atoms with E-state index in [-0.39, 0.29) is 12.1 Å². The number of hydrazine groups is 1. The molecule has 1 aliphatic rings. The molecule has 1 atom stereocenters. The minimum Gasteiger partial charge on any atom is -0.570 e. The fourth-order valence-electron chi connectivity index (χ4n) is 2.69. The second kappa shape index (κ2) is 7.90. The van der Waals surface area contributed by atoms with Gasteiger partial charge in [-0.15, -0.1) is 0 Å². The number of benzene rings is 1. The summed E-state index contributed by atoms with van der Waals surface area (Å²) in [6, 6.07) is 9.67. The predicted octanol–water partition coefficient (Wildman–Crippen LogP) is 2.90. The fourth-order valence-corrected chi connectivity index (χ4v) is 2.69. The van der Waals surface area contributed by atoms with Gasteiger partial charge in [-0.1, -0.05) is 30.3 Å². The largest absolute Gasteiger partial charge is 0.570 e. The highest BCUT2D eigenvalue weighted by atomic mass is 16.8. The Kier molecular flexibility index (Phi) is 6.07. The Hall–Kier alpha value is -2.35. The second-order valence-electron chi connectivity index (χ2n) is 8.03. The molecule has 0 aliphatic carbocycles. The van der Waals surface area contributed by atoms with Gasteiger partial charge in [-0.05, 0) is 52.2 Å². The lowest BCUT2D eigenvalue weighted by Crippen LogP contribution is -2.48. The Balaban J connectivity index is 1.84. The zero-order chi connectivity index (χ0) is 19.4. The highest BCUT2D eigenvalue weighted by molar-refractivity contribution is 5.75. The molecule has 8 nitrogen and oxygen atoms in total. The van der Waals surface area contributed by atoms with Gasteiger partial charge in [0.05, 0.1) is 17.1 Å². The third-order valence-corrected chi connectivity index (χ3v) is 4.04. The Morgan fingerprint density at radius 3 is 2.54 bits per heavy atom. The molecule has 1 aromatic carbocycles. The van der Waals surface area contributed by atoms with Crippen LogP contribution < -0.4 is 10.9 Å². The molecule has 0 bridgehead atoms. The minimum absolute atomic E-state index is 0.150. The van der Waals surface area contributed by atoms with Crippen LogP contribution in [0.1, 0.15) is 46.6 Å². The van der Waals surface area contributed by atoms with Gasteiger partial charge in [-0.3, -0.25) is 0 Å². The summed E-state index contributed by atoms with van der Waals surface area (Å²) in [7, 11) is 0. The lowest BCUT2D eigenvalue weighted by atomic mass is 9.94. The van der Waals surface area contributed by atoms with Crippen molar-refractivity contribution >= 4 is 6.03 Å². The first-order valence-electron chi connectivity index (χ1n) is 8.81. The zero-order valence-electron chi connectivity index (χ0n) is 16.2. The molecular formula is C18H29N5O3. The highest BCUT2D eigenvalue weighted by Gasteiger charge is 2.31. The topological polar surface area (TPSA) is 92.0 Å². The Morgan fingerprint density at radius 1 is 1.27 bits per heavy atom. The molecule has 2 N–H and O–H groups in total. The summed E-state index contributed by atoms with van der Waals surface area (Å²) in [6.45, 7) is 10.4. The van der Waals surface area contributed by atoms with Gasteiger partial charge in [-0.25, -0.2) is 9.63 Å². The van der Waals surface area contributed by atoms with Crippen molar-refractivity contribution in [3.8, 4) is 0 Å². The van der Waals surface area contributed by atoms with Crippen LogP contribution in [0.15, 0.2) is 35.4 Å². The molecule has 1 fully saturated rings. The molecule has 2 amide bonds. The average Bonchev–Trinajstić information content (AvgIpc) is 3.01. The van der Waals surface area contributed by atoms with Crippen molar-refractivity contribution in [2.45, 2.75) is 58.2 Å². The summed E-state index contributed by atoms with van der Waals surface area (Å²) in [4.78, 5) is 19.9. The van der Waals surface area contributed by atoms with Crippen LogP contribution in [-0.4, -0.2) is 40.6 Å². The van der Waals surface area contributed by atoms with Crippen LogP contribution in [-0.2, 0) is 10.4 Å². The maximum atomic E-state index is 12.6. The number of carbonyl (C=O) groups is 1. The number of likely N-dealkylation sites (tertiary alicyclic amines) is 1. The van der Waals surface area contributed by atoms with Gasteiger partial charge in [0.15, 0.2) is 0 Å². The van der Waals surface area contributed by atoms with Crippen molar-refractivity contribution in [3.05, 3.63) is 41.1 Å². The van der Waals surface area contributed by atoms with Crippen molar-refractivity contribution < 1.29 is 14.6 Å². The van der Waals surface area contributed by atoms with E-state index >= 15 is 0 Å². The molecule has 1 saturated heterocycles. The summed E-state index contributed by atoms with van der Waals surface area (Å²) in [5.74, 6) is 0.